The standard InChI is InChI=1S/C12H18N4O6/c1-8-13-9(16(20)21)5-15(8)6-10(17)14-12(2,7-22-3)4-11(18)19/h5H,4,6-7H2,1-3H3,(H,14,17)(H,18,19). The molecular weight excluding hydrogens is 296 g/mol. The topological polar surface area (TPSA) is 137 Å². The van der Waals surface area contributed by atoms with Crippen LogP contribution >= 0.6 is 0 Å². The monoisotopic (exact) mass is 314 g/mol. The van der Waals surface area contributed by atoms with E-state index in [1.54, 1.807) is 6.92 Å². The van der Waals surface area contributed by atoms with Crippen molar-refractivity contribution in [3.8, 4) is 0 Å². The molecule has 1 aromatic rings. The van der Waals surface area contributed by atoms with Crippen LogP contribution in [0.15, 0.2) is 6.20 Å². The minimum Gasteiger partial charge on any atom is -0.481 e. The van der Waals surface area contributed by atoms with E-state index in [-0.39, 0.29) is 25.4 Å². The van der Waals surface area contributed by atoms with Crippen molar-refractivity contribution in [2.45, 2.75) is 32.4 Å². The van der Waals surface area contributed by atoms with Crippen molar-refractivity contribution < 1.29 is 24.4 Å². The van der Waals surface area contributed by atoms with Gasteiger partial charge in [-0.2, -0.15) is 0 Å². The number of carbonyl (C=O) groups is 2. The van der Waals surface area contributed by atoms with Crippen LogP contribution in [0.25, 0.3) is 0 Å². The Kier molecular flexibility index (Phi) is 5.57. The highest BCUT2D eigenvalue weighted by Crippen LogP contribution is 2.12. The van der Waals surface area contributed by atoms with Gasteiger partial charge < -0.3 is 25.3 Å². The Morgan fingerprint density at radius 1 is 1.59 bits per heavy atom. The summed E-state index contributed by atoms with van der Waals surface area (Å²) in [5, 5.41) is 22.1. The Bertz CT molecular complexity index is 584. The number of nitrogens with zero attached hydrogens (tertiary/aromatic N) is 3. The van der Waals surface area contributed by atoms with Crippen molar-refractivity contribution in [1.29, 1.82) is 0 Å². The molecular formula is C12H18N4O6. The van der Waals surface area contributed by atoms with Crippen LogP contribution < -0.4 is 5.32 Å². The first-order chi connectivity index (χ1) is 10.2. The largest absolute Gasteiger partial charge is 0.481 e. The Morgan fingerprint density at radius 3 is 2.68 bits per heavy atom. The minimum absolute atomic E-state index is 0.0219. The Morgan fingerprint density at radius 2 is 2.23 bits per heavy atom. The molecule has 0 bridgehead atoms. The van der Waals surface area contributed by atoms with E-state index >= 15 is 0 Å². The van der Waals surface area contributed by atoms with Crippen molar-refractivity contribution in [1.82, 2.24) is 14.9 Å². The zero-order chi connectivity index (χ0) is 16.9. The van der Waals surface area contributed by atoms with Crippen LogP contribution in [0.2, 0.25) is 0 Å². The maximum absolute atomic E-state index is 12.0. The van der Waals surface area contributed by atoms with Gasteiger partial charge in [-0.25, -0.2) is 0 Å². The van der Waals surface area contributed by atoms with Gasteiger partial charge in [-0.05, 0) is 16.8 Å². The molecule has 1 heterocycles. The number of amides is 1. The quantitative estimate of drug-likeness (QED) is 0.512. The summed E-state index contributed by atoms with van der Waals surface area (Å²) in [6.45, 7) is 2.90. The van der Waals surface area contributed by atoms with Gasteiger partial charge in [0.1, 0.15) is 12.7 Å². The molecule has 2 N–H and O–H groups in total. The molecule has 0 aromatic carbocycles. The van der Waals surface area contributed by atoms with Crippen LogP contribution in [0.5, 0.6) is 0 Å². The molecule has 0 saturated heterocycles. The second kappa shape index (κ2) is 6.98. The SMILES string of the molecule is COCC(C)(CC(=O)O)NC(=O)Cn1cc([N+](=O)[O-])nc1C. The summed E-state index contributed by atoms with van der Waals surface area (Å²) in [6.07, 6.45) is 0.843. The van der Waals surface area contributed by atoms with E-state index in [2.05, 4.69) is 10.3 Å². The molecule has 10 nitrogen and oxygen atoms in total. The Hall–Kier alpha value is -2.49. The summed E-state index contributed by atoms with van der Waals surface area (Å²) in [6, 6.07) is 0. The van der Waals surface area contributed by atoms with Crippen molar-refractivity contribution in [2.75, 3.05) is 13.7 Å². The normalized spacial score (nSPS) is 13.4. The number of carbonyl (C=O) groups excluding carboxylic acids is 1. The molecule has 0 saturated carbocycles. The Labute approximate surface area is 126 Å². The lowest BCUT2D eigenvalue weighted by Crippen LogP contribution is -2.51. The zero-order valence-electron chi connectivity index (χ0n) is 12.5. The van der Waals surface area contributed by atoms with Crippen LogP contribution in [0.4, 0.5) is 5.82 Å². The number of aliphatic carboxylic acids is 1. The molecule has 0 radical (unpaired) electrons. The number of aromatic nitrogens is 2. The first kappa shape index (κ1) is 17.6. The number of nitro groups is 1. The lowest BCUT2D eigenvalue weighted by atomic mass is 9.99. The molecule has 1 rings (SSSR count). The molecule has 1 unspecified atom stereocenters. The average molecular weight is 314 g/mol. The van der Waals surface area contributed by atoms with Crippen molar-refractivity contribution >= 4 is 17.7 Å². The number of aryl methyl sites for hydroxylation is 1. The van der Waals surface area contributed by atoms with E-state index in [1.165, 1.54) is 18.6 Å². The molecule has 1 amide bonds. The van der Waals surface area contributed by atoms with Crippen LogP contribution in [0.1, 0.15) is 19.2 Å². The third kappa shape index (κ3) is 4.81. The van der Waals surface area contributed by atoms with Gasteiger partial charge in [-0.15, -0.1) is 0 Å². The zero-order valence-corrected chi connectivity index (χ0v) is 12.5. The lowest BCUT2D eigenvalue weighted by Gasteiger charge is -2.28. The third-order valence-corrected chi connectivity index (χ3v) is 2.91. The number of carboxylic acid groups (broad SMARTS) is 1. The van der Waals surface area contributed by atoms with E-state index in [4.69, 9.17) is 9.84 Å². The van der Waals surface area contributed by atoms with E-state index in [0.717, 1.165) is 6.20 Å². The van der Waals surface area contributed by atoms with Gasteiger partial charge in [0.2, 0.25) is 11.7 Å². The van der Waals surface area contributed by atoms with E-state index < -0.39 is 22.3 Å². The highest BCUT2D eigenvalue weighted by atomic mass is 16.6. The van der Waals surface area contributed by atoms with E-state index in [1.807, 2.05) is 0 Å². The molecule has 22 heavy (non-hydrogen) atoms. The molecule has 1 atom stereocenters. The molecule has 0 aliphatic rings. The summed E-state index contributed by atoms with van der Waals surface area (Å²) in [4.78, 5) is 36.6. The number of nitrogens with one attached hydrogen (secondary N) is 1. The number of methoxy groups -OCH3 is 1. The average Bonchev–Trinajstić information content (AvgIpc) is 2.69. The molecule has 0 spiro atoms. The molecule has 0 aliphatic carbocycles. The van der Waals surface area contributed by atoms with Crippen molar-refractivity contribution in [3.63, 3.8) is 0 Å². The predicted octanol–water partition coefficient (Wildman–Crippen LogP) is 0.0957. The summed E-state index contributed by atoms with van der Waals surface area (Å²) >= 11 is 0. The van der Waals surface area contributed by atoms with Gasteiger partial charge in [0.05, 0.1) is 18.6 Å². The fraction of sp³-hybridized carbons (Fsp3) is 0.583. The van der Waals surface area contributed by atoms with Crippen molar-refractivity contribution in [3.05, 3.63) is 22.1 Å². The molecule has 0 fully saturated rings. The molecule has 122 valence electrons. The predicted molar refractivity (Wildman–Crippen MR) is 74.3 cm³/mol. The fourth-order valence-electron chi connectivity index (χ4n) is 2.05. The van der Waals surface area contributed by atoms with Crippen LogP contribution in [0.3, 0.4) is 0 Å². The number of rotatable bonds is 8. The smallest absolute Gasteiger partial charge is 0.381 e. The third-order valence-electron chi connectivity index (χ3n) is 2.91. The summed E-state index contributed by atoms with van der Waals surface area (Å²) in [7, 11) is 1.40. The second-order valence-electron chi connectivity index (χ2n) is 5.14. The number of hydrogen-bond donors (Lipinski definition) is 2. The lowest BCUT2D eigenvalue weighted by molar-refractivity contribution is -0.389. The number of imidazole rings is 1. The van der Waals surface area contributed by atoms with Gasteiger partial charge >= 0.3 is 11.8 Å². The van der Waals surface area contributed by atoms with E-state index in [0.29, 0.717) is 5.82 Å². The molecule has 1 aromatic heterocycles. The minimum atomic E-state index is -1.07. The molecule has 0 aliphatic heterocycles. The molecule has 10 heteroatoms. The number of carboxylic acids is 1. The van der Waals surface area contributed by atoms with Crippen LogP contribution in [-0.4, -0.2) is 50.7 Å². The van der Waals surface area contributed by atoms with Crippen molar-refractivity contribution in [2.24, 2.45) is 0 Å². The summed E-state index contributed by atoms with van der Waals surface area (Å²) in [5.41, 5.74) is -1.07. The van der Waals surface area contributed by atoms with E-state index in [9.17, 15) is 19.7 Å². The summed E-state index contributed by atoms with van der Waals surface area (Å²) < 4.78 is 6.25. The van der Waals surface area contributed by atoms with Gasteiger partial charge in [0.15, 0.2) is 0 Å². The van der Waals surface area contributed by atoms with Gasteiger partial charge in [0.25, 0.3) is 0 Å². The highest BCUT2D eigenvalue weighted by Gasteiger charge is 2.30. The maximum Gasteiger partial charge on any atom is 0.381 e. The fourth-order valence-corrected chi connectivity index (χ4v) is 2.05. The van der Waals surface area contributed by atoms with Gasteiger partial charge in [-0.3, -0.25) is 14.2 Å². The number of ether oxygens (including phenoxy) is 1. The van der Waals surface area contributed by atoms with Crippen LogP contribution in [0, 0.1) is 17.0 Å². The highest BCUT2D eigenvalue weighted by molar-refractivity contribution is 5.78. The summed E-state index contributed by atoms with van der Waals surface area (Å²) in [5.74, 6) is -1.60. The maximum atomic E-state index is 12.0. The van der Waals surface area contributed by atoms with Gasteiger partial charge in [0, 0.05) is 14.0 Å². The number of hydrogen-bond acceptors (Lipinski definition) is 6. The second-order valence-corrected chi connectivity index (χ2v) is 5.14. The first-order valence-electron chi connectivity index (χ1n) is 6.37. The first-order valence-corrected chi connectivity index (χ1v) is 6.37. The van der Waals surface area contributed by atoms with Crippen LogP contribution in [-0.2, 0) is 20.9 Å². The van der Waals surface area contributed by atoms with Gasteiger partial charge in [-0.1, -0.05) is 0 Å². The Balaban J connectivity index is 2.79.